The van der Waals surface area contributed by atoms with Gasteiger partial charge in [-0.1, -0.05) is 0 Å². The van der Waals surface area contributed by atoms with E-state index in [0.29, 0.717) is 0 Å². The van der Waals surface area contributed by atoms with Gasteiger partial charge in [0.2, 0.25) is 18.9 Å². The van der Waals surface area contributed by atoms with Crippen molar-refractivity contribution < 1.29 is 223 Å². The third kappa shape index (κ3) is 16.3. The first-order valence-corrected chi connectivity index (χ1v) is 31.6. The highest BCUT2D eigenvalue weighted by molar-refractivity contribution is 5.19. The summed E-state index contributed by atoms with van der Waals surface area (Å²) < 4.78 is 99.1. The summed E-state index contributed by atoms with van der Waals surface area (Å²) in [5.41, 5.74) is 0. The number of aliphatic hydroxyl groups excluding tert-OH is 26. The molecule has 22 fully saturated rings. The minimum Gasteiger partial charge on any atom is -0.506 e. The Hall–Kier alpha value is -3.54. The van der Waals surface area contributed by atoms with Crippen molar-refractivity contribution in [3.05, 3.63) is 34.6 Å². The lowest BCUT2D eigenvalue weighted by Gasteiger charge is -2.52. The van der Waals surface area contributed by atoms with Crippen LogP contribution in [0.25, 0.3) is 0 Å². The van der Waals surface area contributed by atoms with Gasteiger partial charge in [0.05, 0.1) is 90.3 Å². The Bertz CT molecular complexity index is 2730. The third-order valence-corrected chi connectivity index (χ3v) is 18.6. The zero-order valence-electron chi connectivity index (χ0n) is 53.4. The number of hydrogen-bond acceptors (Lipinski definition) is 45. The lowest BCUT2D eigenvalue weighted by molar-refractivity contribution is -0.456. The Morgan fingerprint density at radius 1 is 0.297 bits per heavy atom. The summed E-state index contributed by atoms with van der Waals surface area (Å²) in [4.78, 5) is 0. The van der Waals surface area contributed by atoms with Crippen molar-refractivity contribution in [1.29, 1.82) is 0 Å². The molecule has 0 spiro atoms. The van der Waals surface area contributed by atoms with Crippen LogP contribution in [0.4, 0.5) is 0 Å². The zero-order chi connectivity index (χ0) is 74.1. The molecule has 25 aliphatic heterocycles. The van der Waals surface area contributed by atoms with E-state index in [0.717, 1.165) is 0 Å². The van der Waals surface area contributed by atoms with Gasteiger partial charge in [-0.3, -0.25) is 0 Å². The standard InChI is InChI=1S/C36H60O29.C20H30O16/c37-2-9-15-16(44)22(50)32(56-9)60-26-8(43)1-36(54,64-14(26)7-42)65-30-13(6-41)59-35(25(53)21(30)49)63-29-12(5-40)58-34(24(52)20(29)48)62-28-11(4-39)57-33(23(51)19(28)47)61-27-10(3-38)55-31(15)18(46)17(27)45;1-30-15-6(3-21)33-19(13(28)9(15)24)36-17-8(5-23)34-20(14(29)11(17)26)35-16-7(4-22)32-18(31-2)12(27)10(16)25/h8-35,37-54H,1-7H2;6-8,15-29H,3-5H2,1-2H3/t8?,9?,10?,11?,12?,13?,14?,15-,16?,17?,18?,19?,20?,21?,22?,23?,24?,25?,26+,27-,28-,29-,30-,31+,32-,33+,34-,35-,36-;/m1./s1. The first-order chi connectivity index (χ1) is 48.0. The van der Waals surface area contributed by atoms with E-state index in [1.165, 1.54) is 14.2 Å². The maximum absolute atomic E-state index is 11.4. The average Bonchev–Trinajstić information content (AvgIpc) is 0.935. The molecule has 12 bridgehead atoms. The van der Waals surface area contributed by atoms with Crippen molar-refractivity contribution in [1.82, 2.24) is 0 Å². The minimum atomic E-state index is -2.97. The summed E-state index contributed by atoms with van der Waals surface area (Å²) >= 11 is 0. The lowest BCUT2D eigenvalue weighted by Crippen LogP contribution is -2.69. The van der Waals surface area contributed by atoms with Crippen LogP contribution in [0.3, 0.4) is 0 Å². The van der Waals surface area contributed by atoms with Gasteiger partial charge in [0.1, 0.15) is 153 Å². The quantitative estimate of drug-likeness (QED) is 0.0724. The maximum Gasteiger partial charge on any atom is 0.283 e. The lowest BCUT2D eigenvalue weighted by atomic mass is 9.78. The van der Waals surface area contributed by atoms with Crippen LogP contribution in [0.2, 0.25) is 0 Å². The number of methoxy groups -OCH3 is 2. The predicted molar refractivity (Wildman–Crippen MR) is 306 cm³/mol. The molecule has 0 amide bonds. The van der Waals surface area contributed by atoms with Crippen molar-refractivity contribution in [3.63, 3.8) is 0 Å². The molecule has 26 unspecified atom stereocenters. The molecule has 0 radical (unpaired) electrons. The Balaban J connectivity index is 0.000000279. The van der Waals surface area contributed by atoms with Gasteiger partial charge in [-0.2, -0.15) is 0 Å². The van der Waals surface area contributed by atoms with Crippen molar-refractivity contribution in [2.24, 2.45) is 5.92 Å². The topological polar surface area (TPSA) is 712 Å². The highest BCUT2D eigenvalue weighted by Gasteiger charge is 2.61. The second-order valence-corrected chi connectivity index (χ2v) is 24.9. The van der Waals surface area contributed by atoms with E-state index in [2.05, 4.69) is 0 Å². The molecular formula is C56H90O45. The predicted octanol–water partition coefficient (Wildman–Crippen LogP) is -13.9. The molecule has 25 rings (SSSR count). The van der Waals surface area contributed by atoms with Gasteiger partial charge in [-0.05, 0) is 0 Å². The summed E-state index contributed by atoms with van der Waals surface area (Å²) in [6.07, 6.45) is -66.6. The van der Waals surface area contributed by atoms with E-state index >= 15 is 0 Å². The van der Waals surface area contributed by atoms with E-state index < -0.39 is 333 Å². The second-order valence-electron chi connectivity index (χ2n) is 24.9. The molecule has 45 heteroatoms. The molecule has 45 nitrogen and oxygen atoms in total. The Kier molecular flexibility index (Phi) is 27.9. The Labute approximate surface area is 569 Å². The molecule has 0 aromatic heterocycles. The van der Waals surface area contributed by atoms with Crippen LogP contribution in [0, 0.1) is 5.92 Å². The molecule has 27 N–H and O–H groups in total. The third-order valence-electron chi connectivity index (χ3n) is 18.6. The van der Waals surface area contributed by atoms with Gasteiger partial charge < -0.3 is 223 Å². The van der Waals surface area contributed by atoms with E-state index in [-0.39, 0.29) is 0 Å². The highest BCUT2D eigenvalue weighted by Crippen LogP contribution is 2.43. The van der Waals surface area contributed by atoms with Crippen molar-refractivity contribution >= 4 is 0 Å². The first-order valence-electron chi connectivity index (χ1n) is 31.6. The van der Waals surface area contributed by atoms with Crippen LogP contribution < -0.4 is 0 Å². The van der Waals surface area contributed by atoms with E-state index in [4.69, 9.17) is 85.3 Å². The van der Waals surface area contributed by atoms with Crippen LogP contribution in [-0.2, 0) is 85.3 Å². The number of aliphatic hydroxyl groups is 27. The van der Waals surface area contributed by atoms with Gasteiger partial charge in [0.15, 0.2) is 59.7 Å². The van der Waals surface area contributed by atoms with Crippen LogP contribution in [0.1, 0.15) is 6.42 Å². The smallest absolute Gasteiger partial charge is 0.283 e. The van der Waals surface area contributed by atoms with E-state index in [1.54, 1.807) is 0 Å². The molecule has 584 valence electrons. The Morgan fingerprint density at radius 2 is 0.614 bits per heavy atom. The number of hydrogen-bond donors (Lipinski definition) is 27. The molecule has 0 saturated carbocycles. The fourth-order valence-electron chi connectivity index (χ4n) is 13.2. The molecule has 0 aliphatic carbocycles. The van der Waals surface area contributed by atoms with Crippen LogP contribution in [-0.4, -0.2) is 439 Å². The first kappa shape index (κ1) is 81.5. The fraction of sp³-hybridized carbons (Fsp3) is 0.893. The van der Waals surface area contributed by atoms with Crippen LogP contribution in [0.15, 0.2) is 34.6 Å². The normalized spacial score (nSPS) is 49.5. The largest absolute Gasteiger partial charge is 0.506 e. The molecule has 25 heterocycles. The van der Waals surface area contributed by atoms with Crippen molar-refractivity contribution in [2.45, 2.75) is 233 Å². The molecule has 25 aliphatic rings. The maximum atomic E-state index is 11.4. The second kappa shape index (κ2) is 34.6. The molecule has 22 saturated heterocycles. The van der Waals surface area contributed by atoms with Crippen molar-refractivity contribution in [3.8, 4) is 0 Å². The average molecular weight is 1480 g/mol. The zero-order valence-corrected chi connectivity index (χ0v) is 53.4. The van der Waals surface area contributed by atoms with Gasteiger partial charge in [-0.25, -0.2) is 0 Å². The van der Waals surface area contributed by atoms with Gasteiger partial charge >= 0.3 is 0 Å². The van der Waals surface area contributed by atoms with E-state index in [1.807, 2.05) is 0 Å². The summed E-state index contributed by atoms with van der Waals surface area (Å²) in [6.45, 7) is -8.25. The number of ether oxygens (including phenoxy) is 18. The van der Waals surface area contributed by atoms with Gasteiger partial charge in [-0.15, -0.1) is 0 Å². The van der Waals surface area contributed by atoms with Crippen molar-refractivity contribution in [2.75, 3.05) is 73.7 Å². The summed E-state index contributed by atoms with van der Waals surface area (Å²) in [6, 6.07) is 0. The van der Waals surface area contributed by atoms with Crippen LogP contribution >= 0.6 is 0 Å². The Morgan fingerprint density at radius 3 is 1.02 bits per heavy atom. The van der Waals surface area contributed by atoms with E-state index in [9.17, 15) is 138 Å². The summed E-state index contributed by atoms with van der Waals surface area (Å²) in [7, 11) is 2.37. The highest BCUT2D eigenvalue weighted by atomic mass is 16.9. The minimum absolute atomic E-state index is 0.646. The van der Waals surface area contributed by atoms with Gasteiger partial charge in [0.25, 0.3) is 5.97 Å². The fourth-order valence-corrected chi connectivity index (χ4v) is 13.2. The molecular weight excluding hydrogens is 1390 g/mol. The van der Waals surface area contributed by atoms with Gasteiger partial charge in [0, 0.05) is 20.1 Å². The molecule has 0 aromatic carbocycles. The molecule has 101 heavy (non-hydrogen) atoms. The summed E-state index contributed by atoms with van der Waals surface area (Å²) in [5, 5.41) is 288. The van der Waals surface area contributed by atoms with Crippen LogP contribution in [0.5, 0.6) is 0 Å². The number of rotatable bonds is 15. The summed E-state index contributed by atoms with van der Waals surface area (Å²) in [5.74, 6) is -9.65. The SMILES string of the molecule is COC1OC(CO)C(OC2OC(CO)C(OC3OC(CO)C(OC)C(O)=C3O)C(O)=C2O)C(O)=C1O.OCC1O[C@@H]2O[C@@H]3C(CO)O[C@@H](O[C@@H]4C(CO)O[C@H](C(O)C4O)[C@@H]4C(CO)O[C@H](O[C@H]5C(O)C[C@@](O)(OC5CO)O[C@@H]5C(CO)O[C@H](O[C@H]1C(O)C2O)C(O)C5O)C(O)C4O)C(O)C3O. The molecule has 38 atom stereocenters. The molecule has 0 aromatic rings. The monoisotopic (exact) mass is 1480 g/mol.